The topological polar surface area (TPSA) is 70.4 Å². The molecule has 0 spiro atoms. The number of aromatic carboxylic acids is 1. The number of phenols is 1. The first-order valence-electron chi connectivity index (χ1n) is 6.49. The van der Waals surface area contributed by atoms with Crippen LogP contribution in [0.1, 0.15) is 15.9 Å². The molecule has 1 aromatic heterocycles. The second-order valence-electron chi connectivity index (χ2n) is 4.88. The summed E-state index contributed by atoms with van der Waals surface area (Å²) < 4.78 is 0. The molecule has 1 heterocycles. The van der Waals surface area contributed by atoms with E-state index in [1.165, 1.54) is 0 Å². The molecule has 4 nitrogen and oxygen atoms in total. The van der Waals surface area contributed by atoms with E-state index in [2.05, 4.69) is 4.98 Å². The molecule has 0 saturated heterocycles. The average molecular weight is 279 g/mol. The van der Waals surface area contributed by atoms with Gasteiger partial charge in [-0.25, -0.2) is 9.78 Å². The molecule has 3 rings (SSSR count). The van der Waals surface area contributed by atoms with Crippen LogP contribution in [-0.2, 0) is 0 Å². The molecule has 4 heteroatoms. The molecular formula is C17H13NO3. The van der Waals surface area contributed by atoms with E-state index < -0.39 is 5.97 Å². The number of carbonyl (C=O) groups is 1. The number of pyridine rings is 1. The van der Waals surface area contributed by atoms with Gasteiger partial charge in [-0.05, 0) is 30.7 Å². The Hall–Kier alpha value is -2.88. The zero-order valence-electron chi connectivity index (χ0n) is 11.4. The molecular weight excluding hydrogens is 266 g/mol. The largest absolute Gasteiger partial charge is 0.508 e. The summed E-state index contributed by atoms with van der Waals surface area (Å²) in [6.45, 7) is 1.90. The first-order valence-corrected chi connectivity index (χ1v) is 6.49. The van der Waals surface area contributed by atoms with Gasteiger partial charge in [0.25, 0.3) is 0 Å². The minimum absolute atomic E-state index is 0.121. The van der Waals surface area contributed by atoms with Crippen LogP contribution in [0.15, 0.2) is 48.5 Å². The lowest BCUT2D eigenvalue weighted by atomic mass is 10.0. The maximum Gasteiger partial charge on any atom is 0.336 e. The van der Waals surface area contributed by atoms with Crippen molar-refractivity contribution in [3.05, 3.63) is 59.7 Å². The molecule has 0 bridgehead atoms. The molecule has 0 aliphatic carbocycles. The predicted molar refractivity (Wildman–Crippen MR) is 80.5 cm³/mol. The fraction of sp³-hybridized carbons (Fsp3) is 0.0588. The van der Waals surface area contributed by atoms with Gasteiger partial charge < -0.3 is 10.2 Å². The number of nitrogens with zero attached hydrogens (tertiary/aromatic N) is 1. The molecule has 3 aromatic rings. The summed E-state index contributed by atoms with van der Waals surface area (Å²) in [5.41, 5.74) is 3.00. The van der Waals surface area contributed by atoms with Crippen LogP contribution in [-0.4, -0.2) is 21.2 Å². The number of benzene rings is 2. The summed E-state index contributed by atoms with van der Waals surface area (Å²) in [4.78, 5) is 16.1. The summed E-state index contributed by atoms with van der Waals surface area (Å²) in [5, 5.41) is 19.6. The van der Waals surface area contributed by atoms with Crippen molar-refractivity contribution >= 4 is 16.9 Å². The van der Waals surface area contributed by atoms with Crippen LogP contribution >= 0.6 is 0 Å². The van der Waals surface area contributed by atoms with Crippen molar-refractivity contribution in [2.24, 2.45) is 0 Å². The van der Waals surface area contributed by atoms with E-state index in [1.54, 1.807) is 36.4 Å². The van der Waals surface area contributed by atoms with Crippen LogP contribution in [0.5, 0.6) is 5.75 Å². The Bertz CT molecular complexity index is 856. The van der Waals surface area contributed by atoms with E-state index in [1.807, 2.05) is 19.1 Å². The van der Waals surface area contributed by atoms with Crippen molar-refractivity contribution in [2.45, 2.75) is 6.92 Å². The fourth-order valence-corrected chi connectivity index (χ4v) is 2.38. The summed E-state index contributed by atoms with van der Waals surface area (Å²) in [6, 6.07) is 13.6. The van der Waals surface area contributed by atoms with E-state index in [4.69, 9.17) is 0 Å². The highest BCUT2D eigenvalue weighted by Gasteiger charge is 2.14. The Labute approximate surface area is 121 Å². The van der Waals surface area contributed by atoms with Crippen molar-refractivity contribution in [1.29, 1.82) is 0 Å². The quantitative estimate of drug-likeness (QED) is 0.751. The minimum atomic E-state index is -0.991. The Morgan fingerprint density at radius 3 is 2.57 bits per heavy atom. The molecule has 0 amide bonds. The molecule has 21 heavy (non-hydrogen) atoms. The monoisotopic (exact) mass is 279 g/mol. The maximum atomic E-state index is 11.5. The van der Waals surface area contributed by atoms with Crippen molar-refractivity contribution in [3.8, 4) is 17.0 Å². The van der Waals surface area contributed by atoms with Gasteiger partial charge in [-0.2, -0.15) is 0 Å². The normalized spacial score (nSPS) is 10.7. The molecule has 0 radical (unpaired) electrons. The van der Waals surface area contributed by atoms with Crippen molar-refractivity contribution in [1.82, 2.24) is 4.98 Å². The lowest BCUT2D eigenvalue weighted by Crippen LogP contribution is -2.01. The van der Waals surface area contributed by atoms with Gasteiger partial charge in [0.2, 0.25) is 0 Å². The number of rotatable bonds is 2. The van der Waals surface area contributed by atoms with Crippen molar-refractivity contribution in [3.63, 3.8) is 0 Å². The number of phenolic OH excluding ortho intramolecular Hbond substituents is 1. The van der Waals surface area contributed by atoms with Crippen LogP contribution in [0, 0.1) is 6.92 Å². The third kappa shape index (κ3) is 2.31. The molecule has 0 aliphatic rings. The second kappa shape index (κ2) is 4.90. The van der Waals surface area contributed by atoms with Gasteiger partial charge in [0.05, 0.1) is 16.8 Å². The van der Waals surface area contributed by atoms with Gasteiger partial charge in [-0.3, -0.25) is 0 Å². The number of hydrogen-bond acceptors (Lipinski definition) is 3. The summed E-state index contributed by atoms with van der Waals surface area (Å²) in [7, 11) is 0. The number of carboxylic acids is 1. The lowest BCUT2D eigenvalue weighted by molar-refractivity contribution is 0.0699. The van der Waals surface area contributed by atoms with Gasteiger partial charge in [0, 0.05) is 10.9 Å². The summed E-state index contributed by atoms with van der Waals surface area (Å²) in [6.07, 6.45) is 0. The van der Waals surface area contributed by atoms with Crippen LogP contribution in [0.4, 0.5) is 0 Å². The standard InChI is InChI=1S/C17H13NO3/c1-10-4-2-7-13-14(17(20)21)9-15(18-16(10)13)11-5-3-6-12(19)8-11/h2-9,19H,1H3,(H,20,21). The van der Waals surface area contributed by atoms with Gasteiger partial charge in [0.15, 0.2) is 0 Å². The average Bonchev–Trinajstić information content (AvgIpc) is 2.46. The van der Waals surface area contributed by atoms with E-state index in [-0.39, 0.29) is 11.3 Å². The predicted octanol–water partition coefficient (Wildman–Crippen LogP) is 3.61. The van der Waals surface area contributed by atoms with Crippen LogP contribution in [0.2, 0.25) is 0 Å². The first kappa shape index (κ1) is 13.1. The van der Waals surface area contributed by atoms with Gasteiger partial charge >= 0.3 is 5.97 Å². The van der Waals surface area contributed by atoms with E-state index in [9.17, 15) is 15.0 Å². The zero-order valence-corrected chi connectivity index (χ0v) is 11.4. The fourth-order valence-electron chi connectivity index (χ4n) is 2.38. The van der Waals surface area contributed by atoms with Gasteiger partial charge in [-0.15, -0.1) is 0 Å². The number of hydrogen-bond donors (Lipinski definition) is 2. The van der Waals surface area contributed by atoms with E-state index in [0.29, 0.717) is 22.2 Å². The molecule has 2 N–H and O–H groups in total. The molecule has 2 aromatic carbocycles. The highest BCUT2D eigenvalue weighted by molar-refractivity contribution is 6.04. The third-order valence-corrected chi connectivity index (χ3v) is 3.41. The highest BCUT2D eigenvalue weighted by atomic mass is 16.4. The Morgan fingerprint density at radius 2 is 1.86 bits per heavy atom. The van der Waals surface area contributed by atoms with Gasteiger partial charge in [-0.1, -0.05) is 30.3 Å². The Balaban J connectivity index is 2.35. The second-order valence-corrected chi connectivity index (χ2v) is 4.88. The van der Waals surface area contributed by atoms with E-state index in [0.717, 1.165) is 5.56 Å². The number of aryl methyl sites for hydroxylation is 1. The first-order chi connectivity index (χ1) is 10.1. The van der Waals surface area contributed by atoms with Crippen LogP contribution in [0.3, 0.4) is 0 Å². The summed E-state index contributed by atoms with van der Waals surface area (Å²) >= 11 is 0. The molecule has 0 aliphatic heterocycles. The highest BCUT2D eigenvalue weighted by Crippen LogP contribution is 2.28. The van der Waals surface area contributed by atoms with Crippen molar-refractivity contribution < 1.29 is 15.0 Å². The lowest BCUT2D eigenvalue weighted by Gasteiger charge is -2.09. The third-order valence-electron chi connectivity index (χ3n) is 3.41. The molecule has 104 valence electrons. The van der Waals surface area contributed by atoms with Crippen LogP contribution in [0.25, 0.3) is 22.2 Å². The maximum absolute atomic E-state index is 11.5. The number of aromatic nitrogens is 1. The number of aromatic hydroxyl groups is 1. The Kier molecular flexibility index (Phi) is 3.06. The number of para-hydroxylation sites is 1. The minimum Gasteiger partial charge on any atom is -0.508 e. The van der Waals surface area contributed by atoms with Crippen LogP contribution < -0.4 is 0 Å². The van der Waals surface area contributed by atoms with Gasteiger partial charge in [0.1, 0.15) is 5.75 Å². The van der Waals surface area contributed by atoms with Crippen molar-refractivity contribution in [2.75, 3.05) is 0 Å². The Morgan fingerprint density at radius 1 is 1.10 bits per heavy atom. The molecule has 0 atom stereocenters. The summed E-state index contributed by atoms with van der Waals surface area (Å²) in [5.74, 6) is -0.870. The SMILES string of the molecule is Cc1cccc2c(C(=O)O)cc(-c3cccc(O)c3)nc12. The molecule has 0 unspecified atom stereocenters. The molecule has 0 saturated carbocycles. The number of fused-ring (bicyclic) bond motifs is 1. The zero-order chi connectivity index (χ0) is 15.0. The number of carboxylic acid groups (broad SMARTS) is 1. The smallest absolute Gasteiger partial charge is 0.336 e. The van der Waals surface area contributed by atoms with E-state index >= 15 is 0 Å². The molecule has 0 fully saturated rings.